The molecule has 1 aromatic rings. The molecule has 108 valence electrons. The highest BCUT2D eigenvalue weighted by Crippen LogP contribution is 2.28. The predicted octanol–water partition coefficient (Wildman–Crippen LogP) is 2.25. The molecule has 1 N–H and O–H groups in total. The smallest absolute Gasteiger partial charge is 0.114 e. The van der Waals surface area contributed by atoms with Crippen LogP contribution in [0.3, 0.4) is 0 Å². The molecule has 2 rings (SSSR count). The Hall–Kier alpha value is -0.870. The summed E-state index contributed by atoms with van der Waals surface area (Å²) in [5.74, 6) is 1.17. The summed E-state index contributed by atoms with van der Waals surface area (Å²) in [6.07, 6.45) is 1.05. The van der Waals surface area contributed by atoms with Crippen LogP contribution in [0.2, 0.25) is 0 Å². The number of fused-ring (bicyclic) bond motifs is 1. The van der Waals surface area contributed by atoms with Gasteiger partial charge in [-0.2, -0.15) is 0 Å². The van der Waals surface area contributed by atoms with E-state index in [-0.39, 0.29) is 11.0 Å². The highest BCUT2D eigenvalue weighted by molar-refractivity contribution is 5.24. The number of imidazole rings is 1. The molecule has 0 aliphatic carbocycles. The van der Waals surface area contributed by atoms with E-state index in [2.05, 4.69) is 44.5 Å². The molecule has 4 heteroatoms. The number of hydrogen-bond donors (Lipinski definition) is 1. The topological polar surface area (TPSA) is 39.1 Å². The van der Waals surface area contributed by atoms with Gasteiger partial charge in [0.2, 0.25) is 0 Å². The summed E-state index contributed by atoms with van der Waals surface area (Å²) in [5.41, 5.74) is 2.48. The number of nitrogens with one attached hydrogen (secondary N) is 1. The minimum atomic E-state index is -0.167. The number of nitrogens with zero attached hydrogens (tertiary/aromatic N) is 2. The molecule has 0 bridgehead atoms. The van der Waals surface area contributed by atoms with Gasteiger partial charge in [-0.05, 0) is 13.8 Å². The molecule has 1 aliphatic heterocycles. The fraction of sp³-hybridized carbons (Fsp3) is 0.800. The van der Waals surface area contributed by atoms with Crippen molar-refractivity contribution in [3.8, 4) is 0 Å². The molecule has 1 aromatic heterocycles. The first-order valence-corrected chi connectivity index (χ1v) is 7.09. The largest absolute Gasteiger partial charge is 0.377 e. The van der Waals surface area contributed by atoms with Crippen LogP contribution in [0.1, 0.15) is 51.8 Å². The summed E-state index contributed by atoms with van der Waals surface area (Å²) in [7, 11) is 1.78. The maximum absolute atomic E-state index is 5.61. The van der Waals surface area contributed by atoms with E-state index in [0.717, 1.165) is 26.1 Å². The van der Waals surface area contributed by atoms with Gasteiger partial charge in [0.1, 0.15) is 5.82 Å². The van der Waals surface area contributed by atoms with Crippen molar-refractivity contribution >= 4 is 0 Å². The summed E-state index contributed by atoms with van der Waals surface area (Å²) in [6, 6.07) is 0. The highest BCUT2D eigenvalue weighted by Gasteiger charge is 2.30. The summed E-state index contributed by atoms with van der Waals surface area (Å²) in [5, 5.41) is 3.40. The molecule has 4 nitrogen and oxygen atoms in total. The van der Waals surface area contributed by atoms with E-state index < -0.39 is 0 Å². The quantitative estimate of drug-likeness (QED) is 0.911. The van der Waals surface area contributed by atoms with Crippen molar-refractivity contribution in [2.75, 3.05) is 13.7 Å². The summed E-state index contributed by atoms with van der Waals surface area (Å²) < 4.78 is 7.99. The minimum absolute atomic E-state index is 0.0567. The van der Waals surface area contributed by atoms with E-state index in [4.69, 9.17) is 9.72 Å². The second-order valence-electron chi connectivity index (χ2n) is 7.06. The summed E-state index contributed by atoms with van der Waals surface area (Å²) in [6.45, 7) is 13.7. The first-order chi connectivity index (χ1) is 8.74. The van der Waals surface area contributed by atoms with Gasteiger partial charge in [0.05, 0.1) is 17.8 Å². The lowest BCUT2D eigenvalue weighted by molar-refractivity contribution is 0.00638. The van der Waals surface area contributed by atoms with Crippen molar-refractivity contribution in [1.82, 2.24) is 14.9 Å². The molecule has 0 atom stereocenters. The van der Waals surface area contributed by atoms with Gasteiger partial charge in [0.15, 0.2) is 0 Å². The Balaban J connectivity index is 2.46. The van der Waals surface area contributed by atoms with Crippen LogP contribution in [0.25, 0.3) is 0 Å². The van der Waals surface area contributed by atoms with Gasteiger partial charge in [0, 0.05) is 37.7 Å². The second kappa shape index (κ2) is 4.91. The third-order valence-corrected chi connectivity index (χ3v) is 3.75. The van der Waals surface area contributed by atoms with E-state index in [1.54, 1.807) is 7.11 Å². The minimum Gasteiger partial charge on any atom is -0.377 e. The summed E-state index contributed by atoms with van der Waals surface area (Å²) in [4.78, 5) is 4.89. The van der Waals surface area contributed by atoms with Crippen LogP contribution in [-0.4, -0.2) is 28.8 Å². The Morgan fingerprint density at radius 3 is 2.53 bits per heavy atom. The number of methoxy groups -OCH3 is 1. The van der Waals surface area contributed by atoms with E-state index in [0.29, 0.717) is 0 Å². The Morgan fingerprint density at radius 1 is 1.26 bits per heavy atom. The molecule has 0 saturated carbocycles. The van der Waals surface area contributed by atoms with Crippen molar-refractivity contribution in [1.29, 1.82) is 0 Å². The molecule has 19 heavy (non-hydrogen) atoms. The lowest BCUT2D eigenvalue weighted by atomic mass is 9.95. The zero-order valence-corrected chi connectivity index (χ0v) is 13.1. The molecule has 0 fully saturated rings. The maximum atomic E-state index is 5.61. The second-order valence-corrected chi connectivity index (χ2v) is 7.06. The lowest BCUT2D eigenvalue weighted by Gasteiger charge is -2.29. The molecule has 1 aliphatic rings. The Morgan fingerprint density at radius 2 is 1.95 bits per heavy atom. The zero-order valence-electron chi connectivity index (χ0n) is 13.1. The molecule has 0 aromatic carbocycles. The van der Waals surface area contributed by atoms with Crippen LogP contribution in [0.5, 0.6) is 0 Å². The first-order valence-electron chi connectivity index (χ1n) is 7.09. The van der Waals surface area contributed by atoms with Gasteiger partial charge >= 0.3 is 0 Å². The molecule has 0 radical (unpaired) electrons. The molecule has 0 unspecified atom stereocenters. The Bertz CT molecular complexity index is 455. The van der Waals surface area contributed by atoms with Crippen LogP contribution in [-0.2, 0) is 29.7 Å². The number of rotatable bonds is 3. The van der Waals surface area contributed by atoms with Gasteiger partial charge in [-0.15, -0.1) is 0 Å². The average molecular weight is 265 g/mol. The van der Waals surface area contributed by atoms with Crippen LogP contribution in [0.15, 0.2) is 0 Å². The fourth-order valence-corrected chi connectivity index (χ4v) is 2.56. The van der Waals surface area contributed by atoms with Crippen LogP contribution < -0.4 is 5.32 Å². The van der Waals surface area contributed by atoms with Crippen molar-refractivity contribution in [2.45, 2.75) is 65.1 Å². The average Bonchev–Trinajstić information content (AvgIpc) is 2.68. The van der Waals surface area contributed by atoms with Crippen molar-refractivity contribution in [2.24, 2.45) is 0 Å². The van der Waals surface area contributed by atoms with E-state index in [1.807, 2.05) is 0 Å². The van der Waals surface area contributed by atoms with Gasteiger partial charge in [-0.3, -0.25) is 0 Å². The van der Waals surface area contributed by atoms with E-state index in [1.165, 1.54) is 17.2 Å². The van der Waals surface area contributed by atoms with Gasteiger partial charge in [-0.1, -0.05) is 20.8 Å². The summed E-state index contributed by atoms with van der Waals surface area (Å²) >= 11 is 0. The first kappa shape index (κ1) is 14.5. The normalized spacial score (nSPS) is 16.5. The monoisotopic (exact) mass is 265 g/mol. The highest BCUT2D eigenvalue weighted by atomic mass is 16.5. The number of ether oxygens (including phenoxy) is 1. The fourth-order valence-electron chi connectivity index (χ4n) is 2.56. The molecule has 0 amide bonds. The zero-order chi connectivity index (χ0) is 14.3. The molecular weight excluding hydrogens is 238 g/mol. The standard InChI is InChI=1S/C15H27N3O/c1-14(2,3)13-17-11-9-16-8-7-12(11)18(13)10-15(4,5)19-6/h16H,7-10H2,1-6H3. The third kappa shape index (κ3) is 3.00. The van der Waals surface area contributed by atoms with Crippen molar-refractivity contribution in [3.05, 3.63) is 17.2 Å². The molecule has 0 spiro atoms. The van der Waals surface area contributed by atoms with E-state index >= 15 is 0 Å². The van der Waals surface area contributed by atoms with Crippen molar-refractivity contribution in [3.63, 3.8) is 0 Å². The predicted molar refractivity (Wildman–Crippen MR) is 77.4 cm³/mol. The maximum Gasteiger partial charge on any atom is 0.114 e. The Labute approximate surface area is 116 Å². The van der Waals surface area contributed by atoms with Gasteiger partial charge < -0.3 is 14.6 Å². The van der Waals surface area contributed by atoms with Crippen LogP contribution in [0.4, 0.5) is 0 Å². The molecular formula is C15H27N3O. The third-order valence-electron chi connectivity index (χ3n) is 3.75. The van der Waals surface area contributed by atoms with Crippen LogP contribution in [0, 0.1) is 0 Å². The van der Waals surface area contributed by atoms with Crippen molar-refractivity contribution < 1.29 is 4.74 Å². The van der Waals surface area contributed by atoms with Gasteiger partial charge in [0.25, 0.3) is 0 Å². The van der Waals surface area contributed by atoms with Crippen LogP contribution >= 0.6 is 0 Å². The number of aromatic nitrogens is 2. The van der Waals surface area contributed by atoms with Gasteiger partial charge in [-0.25, -0.2) is 4.98 Å². The SMILES string of the molecule is COC(C)(C)Cn1c(C(C)(C)C)nc2c1CCNC2. The molecule has 0 saturated heterocycles. The number of hydrogen-bond acceptors (Lipinski definition) is 3. The molecule has 2 heterocycles. The lowest BCUT2D eigenvalue weighted by Crippen LogP contribution is -2.34. The Kier molecular flexibility index (Phi) is 3.76. The van der Waals surface area contributed by atoms with E-state index in [9.17, 15) is 0 Å².